The van der Waals surface area contributed by atoms with Gasteiger partial charge in [0.2, 0.25) is 5.91 Å². The minimum Gasteiger partial charge on any atom is -0.478 e. The molecule has 0 radical (unpaired) electrons. The second-order valence-electron chi connectivity index (χ2n) is 3.83. The first-order valence-corrected chi connectivity index (χ1v) is 5.99. The average molecular weight is 292 g/mol. The predicted octanol–water partition coefficient (Wildman–Crippen LogP) is 3.28. The molecule has 5 nitrogen and oxygen atoms in total. The highest BCUT2D eigenvalue weighted by Crippen LogP contribution is 2.21. The highest BCUT2D eigenvalue weighted by Gasteiger charge is 2.11. The summed E-state index contributed by atoms with van der Waals surface area (Å²) in [6.45, 7) is 0. The molecule has 0 spiro atoms. The summed E-state index contributed by atoms with van der Waals surface area (Å²) in [5.41, 5.74) is 0.105. The zero-order chi connectivity index (χ0) is 14.5. The van der Waals surface area contributed by atoms with E-state index in [0.717, 1.165) is 0 Å². The Bertz CT molecular complexity index is 662. The Labute approximate surface area is 119 Å². The molecule has 0 fully saturated rings. The third-order valence-electron chi connectivity index (χ3n) is 2.41. The van der Waals surface area contributed by atoms with Crippen molar-refractivity contribution >= 4 is 35.2 Å². The second-order valence-corrected chi connectivity index (χ2v) is 4.27. The van der Waals surface area contributed by atoms with E-state index in [-0.39, 0.29) is 11.3 Å². The summed E-state index contributed by atoms with van der Waals surface area (Å²) in [7, 11) is 0. The summed E-state index contributed by atoms with van der Waals surface area (Å²) in [5, 5.41) is 11.8. The zero-order valence-corrected chi connectivity index (χ0v) is 10.9. The van der Waals surface area contributed by atoms with Crippen LogP contribution in [0.15, 0.2) is 47.1 Å². The summed E-state index contributed by atoms with van der Waals surface area (Å²) in [6.07, 6.45) is 4.20. The molecule has 0 unspecified atom stereocenters. The van der Waals surface area contributed by atoms with Crippen molar-refractivity contribution in [1.82, 2.24) is 0 Å². The minimum absolute atomic E-state index is 0.0332. The molecular weight excluding hydrogens is 282 g/mol. The van der Waals surface area contributed by atoms with Crippen LogP contribution in [0.4, 0.5) is 5.69 Å². The maximum atomic E-state index is 11.7. The number of carbonyl (C=O) groups excluding carboxylic acids is 1. The molecule has 6 heteroatoms. The van der Waals surface area contributed by atoms with Crippen molar-refractivity contribution in [3.63, 3.8) is 0 Å². The van der Waals surface area contributed by atoms with Gasteiger partial charge in [-0.05, 0) is 36.4 Å². The van der Waals surface area contributed by atoms with Crippen LogP contribution >= 0.6 is 11.6 Å². The van der Waals surface area contributed by atoms with Gasteiger partial charge in [-0.25, -0.2) is 4.79 Å². The number of carboxylic acids is 1. The molecule has 0 atom stereocenters. The first-order valence-electron chi connectivity index (χ1n) is 5.61. The van der Waals surface area contributed by atoms with E-state index in [1.54, 1.807) is 12.1 Å². The number of carboxylic acid groups (broad SMARTS) is 1. The number of amides is 1. The van der Waals surface area contributed by atoms with Crippen LogP contribution in [-0.2, 0) is 4.79 Å². The van der Waals surface area contributed by atoms with Crippen molar-refractivity contribution in [1.29, 1.82) is 0 Å². The van der Waals surface area contributed by atoms with Gasteiger partial charge in [-0.15, -0.1) is 0 Å². The lowest BCUT2D eigenvalue weighted by Gasteiger charge is -2.06. The number of rotatable bonds is 4. The molecule has 1 amide bonds. The Hall–Kier alpha value is -2.53. The SMILES string of the molecule is O=C(/C=C/c1ccco1)Nc1cc(Cl)ccc1C(=O)O. The number of hydrogen-bond acceptors (Lipinski definition) is 3. The van der Waals surface area contributed by atoms with Crippen molar-refractivity contribution in [3.05, 3.63) is 59.0 Å². The van der Waals surface area contributed by atoms with Gasteiger partial charge in [0.25, 0.3) is 0 Å². The molecule has 1 aromatic carbocycles. The lowest BCUT2D eigenvalue weighted by molar-refractivity contribution is -0.111. The number of aromatic carboxylic acids is 1. The van der Waals surface area contributed by atoms with Gasteiger partial charge >= 0.3 is 5.97 Å². The van der Waals surface area contributed by atoms with Gasteiger partial charge in [-0.1, -0.05) is 11.6 Å². The van der Waals surface area contributed by atoms with Gasteiger partial charge in [0.05, 0.1) is 17.5 Å². The molecule has 1 aromatic heterocycles. The average Bonchev–Trinajstić information content (AvgIpc) is 2.89. The minimum atomic E-state index is -1.15. The molecule has 20 heavy (non-hydrogen) atoms. The van der Waals surface area contributed by atoms with Crippen molar-refractivity contribution in [2.75, 3.05) is 5.32 Å². The largest absolute Gasteiger partial charge is 0.478 e. The monoisotopic (exact) mass is 291 g/mol. The van der Waals surface area contributed by atoms with Crippen LogP contribution in [0, 0.1) is 0 Å². The second kappa shape index (κ2) is 6.08. The maximum absolute atomic E-state index is 11.7. The number of carbonyl (C=O) groups is 2. The third kappa shape index (κ3) is 3.49. The van der Waals surface area contributed by atoms with Crippen LogP contribution in [0.3, 0.4) is 0 Å². The third-order valence-corrected chi connectivity index (χ3v) is 2.65. The maximum Gasteiger partial charge on any atom is 0.337 e. The summed E-state index contributed by atoms with van der Waals surface area (Å²) < 4.78 is 5.03. The van der Waals surface area contributed by atoms with Crippen LogP contribution in [0.1, 0.15) is 16.1 Å². The highest BCUT2D eigenvalue weighted by atomic mass is 35.5. The molecule has 2 rings (SSSR count). The van der Waals surface area contributed by atoms with Crippen LogP contribution < -0.4 is 5.32 Å². The van der Waals surface area contributed by atoms with Crippen LogP contribution in [0.25, 0.3) is 6.08 Å². The molecule has 0 aliphatic rings. The predicted molar refractivity (Wildman–Crippen MR) is 74.8 cm³/mol. The Morgan fingerprint density at radius 2 is 2.10 bits per heavy atom. The van der Waals surface area contributed by atoms with E-state index < -0.39 is 11.9 Å². The molecule has 0 aliphatic heterocycles. The van der Waals surface area contributed by atoms with Crippen molar-refractivity contribution in [2.24, 2.45) is 0 Å². The lowest BCUT2D eigenvalue weighted by atomic mass is 10.2. The Morgan fingerprint density at radius 3 is 2.75 bits per heavy atom. The van der Waals surface area contributed by atoms with E-state index in [1.807, 2.05) is 0 Å². The van der Waals surface area contributed by atoms with Gasteiger partial charge in [-0.2, -0.15) is 0 Å². The lowest BCUT2D eigenvalue weighted by Crippen LogP contribution is -2.11. The Morgan fingerprint density at radius 1 is 1.30 bits per heavy atom. The van der Waals surface area contributed by atoms with E-state index in [2.05, 4.69) is 5.32 Å². The fraction of sp³-hybridized carbons (Fsp3) is 0. The van der Waals surface area contributed by atoms with Crippen LogP contribution in [0.5, 0.6) is 0 Å². The normalized spacial score (nSPS) is 10.7. The van der Waals surface area contributed by atoms with Gasteiger partial charge in [0, 0.05) is 11.1 Å². The number of hydrogen-bond donors (Lipinski definition) is 2. The summed E-state index contributed by atoms with van der Waals surface area (Å²) in [5.74, 6) is -1.11. The van der Waals surface area contributed by atoms with Crippen molar-refractivity contribution in [3.8, 4) is 0 Å². The molecule has 0 aliphatic carbocycles. The number of halogens is 1. The van der Waals surface area contributed by atoms with E-state index in [0.29, 0.717) is 10.8 Å². The smallest absolute Gasteiger partial charge is 0.337 e. The quantitative estimate of drug-likeness (QED) is 0.847. The molecule has 2 N–H and O–H groups in total. The van der Waals surface area contributed by atoms with Crippen LogP contribution in [-0.4, -0.2) is 17.0 Å². The first kappa shape index (κ1) is 13.9. The van der Waals surface area contributed by atoms with E-state index >= 15 is 0 Å². The Balaban J connectivity index is 2.15. The fourth-order valence-corrected chi connectivity index (χ4v) is 1.70. The first-order chi connectivity index (χ1) is 9.56. The molecule has 0 bridgehead atoms. The summed E-state index contributed by atoms with van der Waals surface area (Å²) in [4.78, 5) is 22.7. The van der Waals surface area contributed by atoms with E-state index in [4.69, 9.17) is 21.1 Å². The number of furan rings is 1. The number of anilines is 1. The summed E-state index contributed by atoms with van der Waals surface area (Å²) >= 11 is 5.79. The van der Waals surface area contributed by atoms with Crippen molar-refractivity contribution in [2.45, 2.75) is 0 Å². The van der Waals surface area contributed by atoms with Gasteiger partial charge in [-0.3, -0.25) is 4.79 Å². The van der Waals surface area contributed by atoms with Gasteiger partial charge < -0.3 is 14.8 Å². The summed E-state index contributed by atoms with van der Waals surface area (Å²) in [6, 6.07) is 7.53. The Kier molecular flexibility index (Phi) is 4.22. The van der Waals surface area contributed by atoms with Gasteiger partial charge in [0.15, 0.2) is 0 Å². The molecule has 2 aromatic rings. The van der Waals surface area contributed by atoms with Crippen molar-refractivity contribution < 1.29 is 19.1 Å². The van der Waals surface area contributed by atoms with Gasteiger partial charge in [0.1, 0.15) is 5.76 Å². The topological polar surface area (TPSA) is 79.5 Å². The molecule has 1 heterocycles. The van der Waals surface area contributed by atoms with E-state index in [9.17, 15) is 9.59 Å². The molecular formula is C14H10ClNO4. The molecule has 0 saturated heterocycles. The highest BCUT2D eigenvalue weighted by molar-refractivity contribution is 6.31. The molecule has 102 valence electrons. The number of benzene rings is 1. The van der Waals surface area contributed by atoms with E-state index in [1.165, 1.54) is 36.6 Å². The zero-order valence-electron chi connectivity index (χ0n) is 10.2. The van der Waals surface area contributed by atoms with Crippen LogP contribution in [0.2, 0.25) is 5.02 Å². The molecule has 0 saturated carbocycles. The standard InChI is InChI=1S/C14H10ClNO4/c15-9-3-5-11(14(18)19)12(8-9)16-13(17)6-4-10-2-1-7-20-10/h1-8H,(H,16,17)(H,18,19)/b6-4+. The fourth-order valence-electron chi connectivity index (χ4n) is 1.52. The number of nitrogens with one attached hydrogen (secondary N) is 1.